The zero-order valence-corrected chi connectivity index (χ0v) is 8.45. The molecule has 72 valence electrons. The minimum Gasteiger partial charge on any atom is -0.292 e. The van der Waals surface area contributed by atoms with E-state index in [0.717, 1.165) is 0 Å². The highest BCUT2D eigenvalue weighted by atomic mass is 16.1. The van der Waals surface area contributed by atoms with E-state index in [1.54, 1.807) is 31.2 Å². The van der Waals surface area contributed by atoms with Gasteiger partial charge < -0.3 is 0 Å². The first-order valence-corrected chi connectivity index (χ1v) is 4.65. The minimum atomic E-state index is -0.888. The number of Topliss-reactive ketones (excluding diaryl/α,β-unsaturated/α-hetero) is 1. The Morgan fingerprint density at radius 1 is 1.43 bits per heavy atom. The molecule has 2 heteroatoms. The summed E-state index contributed by atoms with van der Waals surface area (Å²) in [4.78, 5) is 11.9. The number of benzene rings is 1. The van der Waals surface area contributed by atoms with Crippen LogP contribution in [0, 0.1) is 16.7 Å². The summed E-state index contributed by atoms with van der Waals surface area (Å²) in [6, 6.07) is 11.0. The second-order valence-electron chi connectivity index (χ2n) is 3.49. The van der Waals surface area contributed by atoms with Crippen LogP contribution in [0.5, 0.6) is 0 Å². The summed E-state index contributed by atoms with van der Waals surface area (Å²) in [5.41, 5.74) is -0.278. The zero-order valence-electron chi connectivity index (χ0n) is 8.45. The first-order valence-electron chi connectivity index (χ1n) is 4.65. The number of rotatable bonds is 3. The van der Waals surface area contributed by atoms with E-state index in [1.165, 1.54) is 0 Å². The molecule has 1 unspecified atom stereocenters. The molecule has 0 saturated heterocycles. The molecule has 0 heterocycles. The van der Waals surface area contributed by atoms with Gasteiger partial charge in [0.1, 0.15) is 5.41 Å². The highest BCUT2D eigenvalue weighted by Crippen LogP contribution is 2.25. The van der Waals surface area contributed by atoms with Gasteiger partial charge in [0.15, 0.2) is 5.78 Å². The molecule has 0 aliphatic heterocycles. The van der Waals surface area contributed by atoms with Crippen LogP contribution >= 0.6 is 0 Å². The fourth-order valence-corrected chi connectivity index (χ4v) is 1.20. The first-order chi connectivity index (χ1) is 6.64. The summed E-state index contributed by atoms with van der Waals surface area (Å²) >= 11 is 0. The van der Waals surface area contributed by atoms with Gasteiger partial charge in [0.05, 0.1) is 6.07 Å². The van der Waals surface area contributed by atoms with Crippen LogP contribution in [0.2, 0.25) is 0 Å². The van der Waals surface area contributed by atoms with Crippen LogP contribution in [0.4, 0.5) is 0 Å². The lowest BCUT2D eigenvalue weighted by Gasteiger charge is -2.17. The molecular formula is C12H13NO. The molecule has 0 fully saturated rings. The van der Waals surface area contributed by atoms with E-state index >= 15 is 0 Å². The molecule has 0 N–H and O–H groups in total. The molecule has 0 radical (unpaired) electrons. The van der Waals surface area contributed by atoms with Crippen LogP contribution in [0.15, 0.2) is 30.3 Å². The molecule has 1 rings (SSSR count). The topological polar surface area (TPSA) is 40.9 Å². The van der Waals surface area contributed by atoms with Crippen molar-refractivity contribution in [3.63, 3.8) is 0 Å². The third-order valence-corrected chi connectivity index (χ3v) is 2.49. The zero-order chi connectivity index (χ0) is 10.6. The van der Waals surface area contributed by atoms with Crippen LogP contribution in [-0.4, -0.2) is 5.78 Å². The Kier molecular flexibility index (Phi) is 3.03. The van der Waals surface area contributed by atoms with E-state index in [0.29, 0.717) is 12.0 Å². The number of hydrogen-bond acceptors (Lipinski definition) is 2. The highest BCUT2D eigenvalue weighted by molar-refractivity contribution is 6.01. The Labute approximate surface area is 84.2 Å². The summed E-state index contributed by atoms with van der Waals surface area (Å²) in [5.74, 6) is -0.0944. The van der Waals surface area contributed by atoms with Gasteiger partial charge >= 0.3 is 0 Å². The van der Waals surface area contributed by atoms with Gasteiger partial charge in [0.25, 0.3) is 0 Å². The minimum absolute atomic E-state index is 0.0944. The van der Waals surface area contributed by atoms with Crippen LogP contribution in [-0.2, 0) is 0 Å². The Balaban J connectivity index is 3.03. The molecule has 1 atom stereocenters. The average molecular weight is 187 g/mol. The lowest BCUT2D eigenvalue weighted by molar-refractivity contribution is 0.0872. The summed E-state index contributed by atoms with van der Waals surface area (Å²) in [7, 11) is 0. The van der Waals surface area contributed by atoms with Crippen molar-refractivity contribution < 1.29 is 4.79 Å². The molecule has 0 bridgehead atoms. The van der Waals surface area contributed by atoms with Crippen LogP contribution in [0.1, 0.15) is 30.6 Å². The quantitative estimate of drug-likeness (QED) is 0.683. The van der Waals surface area contributed by atoms with E-state index in [2.05, 4.69) is 6.07 Å². The second kappa shape index (κ2) is 4.06. The first kappa shape index (κ1) is 10.5. The normalized spacial score (nSPS) is 14.1. The van der Waals surface area contributed by atoms with Gasteiger partial charge in [-0.3, -0.25) is 4.79 Å². The van der Waals surface area contributed by atoms with E-state index < -0.39 is 5.41 Å². The van der Waals surface area contributed by atoms with Gasteiger partial charge in [0.2, 0.25) is 0 Å². The van der Waals surface area contributed by atoms with Crippen LogP contribution in [0.25, 0.3) is 0 Å². The number of nitrogens with zero attached hydrogens (tertiary/aromatic N) is 1. The number of ketones is 1. The summed E-state index contributed by atoms with van der Waals surface area (Å²) in [6.45, 7) is 3.53. The predicted octanol–water partition coefficient (Wildman–Crippen LogP) is 2.81. The fourth-order valence-electron chi connectivity index (χ4n) is 1.20. The summed E-state index contributed by atoms with van der Waals surface area (Å²) in [5, 5.41) is 8.95. The highest BCUT2D eigenvalue weighted by Gasteiger charge is 2.31. The molecular weight excluding hydrogens is 174 g/mol. The molecule has 0 saturated carbocycles. The average Bonchev–Trinajstić information content (AvgIpc) is 2.28. The van der Waals surface area contributed by atoms with Crippen molar-refractivity contribution in [3.8, 4) is 6.07 Å². The molecule has 2 nitrogen and oxygen atoms in total. The van der Waals surface area contributed by atoms with E-state index in [-0.39, 0.29) is 5.78 Å². The maximum atomic E-state index is 11.9. The molecule has 14 heavy (non-hydrogen) atoms. The van der Waals surface area contributed by atoms with Gasteiger partial charge in [0, 0.05) is 5.56 Å². The Bertz CT molecular complexity index is 364. The van der Waals surface area contributed by atoms with Crippen molar-refractivity contribution in [3.05, 3.63) is 35.9 Å². The van der Waals surface area contributed by atoms with E-state index in [9.17, 15) is 4.79 Å². The standard InChI is InChI=1S/C12H13NO/c1-3-12(2,9-13)11(14)10-7-5-4-6-8-10/h4-8H,3H2,1-2H3. The van der Waals surface area contributed by atoms with Gasteiger partial charge in [-0.05, 0) is 13.3 Å². The monoisotopic (exact) mass is 187 g/mol. The van der Waals surface area contributed by atoms with Crippen molar-refractivity contribution in [2.75, 3.05) is 0 Å². The number of hydrogen-bond donors (Lipinski definition) is 0. The Morgan fingerprint density at radius 3 is 2.43 bits per heavy atom. The predicted molar refractivity (Wildman–Crippen MR) is 54.8 cm³/mol. The molecule has 1 aromatic carbocycles. The molecule has 0 amide bonds. The third kappa shape index (κ3) is 1.82. The third-order valence-electron chi connectivity index (χ3n) is 2.49. The van der Waals surface area contributed by atoms with Crippen LogP contribution in [0.3, 0.4) is 0 Å². The maximum absolute atomic E-state index is 11.9. The van der Waals surface area contributed by atoms with E-state index in [4.69, 9.17) is 5.26 Å². The summed E-state index contributed by atoms with van der Waals surface area (Å²) < 4.78 is 0. The summed E-state index contributed by atoms with van der Waals surface area (Å²) in [6.07, 6.45) is 0.539. The molecule has 0 aliphatic carbocycles. The van der Waals surface area contributed by atoms with Gasteiger partial charge in [-0.1, -0.05) is 37.3 Å². The SMILES string of the molecule is CCC(C)(C#N)C(=O)c1ccccc1. The number of carbonyl (C=O) groups is 1. The molecule has 0 aromatic heterocycles. The van der Waals surface area contributed by atoms with Crippen molar-refractivity contribution in [2.24, 2.45) is 5.41 Å². The maximum Gasteiger partial charge on any atom is 0.182 e. The van der Waals surface area contributed by atoms with Crippen molar-refractivity contribution in [1.29, 1.82) is 5.26 Å². The molecule has 0 aliphatic rings. The molecule has 1 aromatic rings. The largest absolute Gasteiger partial charge is 0.292 e. The Morgan fingerprint density at radius 2 is 2.00 bits per heavy atom. The molecule has 0 spiro atoms. The van der Waals surface area contributed by atoms with E-state index in [1.807, 2.05) is 13.0 Å². The lowest BCUT2D eigenvalue weighted by Crippen LogP contribution is -2.25. The fraction of sp³-hybridized carbons (Fsp3) is 0.333. The second-order valence-corrected chi connectivity index (χ2v) is 3.49. The smallest absolute Gasteiger partial charge is 0.182 e. The lowest BCUT2D eigenvalue weighted by atomic mass is 9.81. The number of nitriles is 1. The van der Waals surface area contributed by atoms with Crippen LogP contribution < -0.4 is 0 Å². The van der Waals surface area contributed by atoms with Crippen molar-refractivity contribution >= 4 is 5.78 Å². The van der Waals surface area contributed by atoms with Crippen molar-refractivity contribution in [2.45, 2.75) is 20.3 Å². The van der Waals surface area contributed by atoms with Gasteiger partial charge in [-0.15, -0.1) is 0 Å². The van der Waals surface area contributed by atoms with Gasteiger partial charge in [-0.25, -0.2) is 0 Å². The van der Waals surface area contributed by atoms with Gasteiger partial charge in [-0.2, -0.15) is 5.26 Å². The Hall–Kier alpha value is -1.62. The van der Waals surface area contributed by atoms with Crippen molar-refractivity contribution in [1.82, 2.24) is 0 Å². The number of carbonyl (C=O) groups excluding carboxylic acids is 1.